The average Bonchev–Trinajstić information content (AvgIpc) is 3.35. The molecule has 1 aliphatic heterocycles. The van der Waals surface area contributed by atoms with E-state index in [0.29, 0.717) is 35.6 Å². The van der Waals surface area contributed by atoms with E-state index in [0.717, 1.165) is 19.1 Å². The lowest BCUT2D eigenvalue weighted by Crippen LogP contribution is -2.39. The Bertz CT molecular complexity index is 1220. The van der Waals surface area contributed by atoms with Crippen LogP contribution in [-0.4, -0.2) is 54.3 Å². The molecule has 2 aromatic carbocycles. The summed E-state index contributed by atoms with van der Waals surface area (Å²) < 4.78 is 45.0. The third-order valence-corrected chi connectivity index (χ3v) is 6.26. The van der Waals surface area contributed by atoms with Crippen LogP contribution in [-0.2, 0) is 38.2 Å². The zero-order valence-corrected chi connectivity index (χ0v) is 18.7. The number of ether oxygens (including phenoxy) is 1. The van der Waals surface area contributed by atoms with Crippen molar-refractivity contribution in [1.29, 1.82) is 0 Å². The van der Waals surface area contributed by atoms with Crippen molar-refractivity contribution in [1.82, 2.24) is 14.5 Å². The number of benzene rings is 2. The van der Waals surface area contributed by atoms with Gasteiger partial charge in [-0.05, 0) is 42.7 Å². The number of imidazole rings is 1. The van der Waals surface area contributed by atoms with Gasteiger partial charge in [0, 0.05) is 26.0 Å². The van der Waals surface area contributed by atoms with Crippen molar-refractivity contribution in [3.05, 3.63) is 65.7 Å². The second kappa shape index (κ2) is 9.38. The summed E-state index contributed by atoms with van der Waals surface area (Å²) in [5.74, 6) is -0.500. The van der Waals surface area contributed by atoms with Crippen molar-refractivity contribution in [2.75, 3.05) is 19.4 Å². The second-order valence-electron chi connectivity index (χ2n) is 8.21. The molecule has 1 saturated heterocycles. The highest BCUT2D eigenvalue weighted by Gasteiger charge is 2.25. The van der Waals surface area contributed by atoms with Gasteiger partial charge >= 0.3 is 0 Å². The number of hydrogen-bond acceptors (Lipinski definition) is 5. The summed E-state index contributed by atoms with van der Waals surface area (Å²) in [4.78, 5) is 19.5. The highest BCUT2D eigenvalue weighted by atomic mass is 32.2. The minimum absolute atomic E-state index is 0.0621. The van der Waals surface area contributed by atoms with E-state index in [4.69, 9.17) is 4.74 Å². The number of sulfone groups is 1. The number of para-hydroxylation sites is 2. The molecule has 9 heteroatoms. The van der Waals surface area contributed by atoms with Crippen molar-refractivity contribution < 1.29 is 22.3 Å². The molecule has 4 rings (SSSR count). The summed E-state index contributed by atoms with van der Waals surface area (Å²) in [5.41, 5.74) is 2.01. The van der Waals surface area contributed by atoms with Crippen LogP contribution in [0.2, 0.25) is 0 Å². The number of carbonyl (C=O) groups is 1. The Morgan fingerprint density at radius 3 is 2.78 bits per heavy atom. The zero-order chi connectivity index (χ0) is 22.7. The number of nitrogens with zero attached hydrogens (tertiary/aromatic N) is 3. The molecule has 1 unspecified atom stereocenters. The summed E-state index contributed by atoms with van der Waals surface area (Å²) in [6.45, 7) is 1.23. The van der Waals surface area contributed by atoms with Gasteiger partial charge in [0.25, 0.3) is 0 Å². The quantitative estimate of drug-likeness (QED) is 0.517. The van der Waals surface area contributed by atoms with Crippen molar-refractivity contribution in [2.24, 2.45) is 0 Å². The van der Waals surface area contributed by atoms with E-state index in [1.165, 1.54) is 12.1 Å². The Hall–Kier alpha value is -2.78. The molecule has 0 N–H and O–H groups in total. The Morgan fingerprint density at radius 2 is 2.06 bits per heavy atom. The first kappa shape index (κ1) is 22.4. The van der Waals surface area contributed by atoms with Crippen LogP contribution in [0.3, 0.4) is 0 Å². The van der Waals surface area contributed by atoms with Crippen LogP contribution in [0.4, 0.5) is 4.39 Å². The van der Waals surface area contributed by atoms with Gasteiger partial charge in [-0.2, -0.15) is 0 Å². The predicted molar refractivity (Wildman–Crippen MR) is 119 cm³/mol. The number of hydrogen-bond donors (Lipinski definition) is 0. The van der Waals surface area contributed by atoms with Gasteiger partial charge in [-0.1, -0.05) is 24.3 Å². The largest absolute Gasteiger partial charge is 0.376 e. The lowest BCUT2D eigenvalue weighted by Gasteiger charge is -2.26. The summed E-state index contributed by atoms with van der Waals surface area (Å²) >= 11 is 0. The molecule has 1 atom stereocenters. The maximum Gasteiger partial charge on any atom is 0.242 e. The van der Waals surface area contributed by atoms with Crippen molar-refractivity contribution >= 4 is 26.8 Å². The van der Waals surface area contributed by atoms with E-state index in [2.05, 4.69) is 4.98 Å². The fourth-order valence-corrected chi connectivity index (χ4v) is 4.72. The third kappa shape index (κ3) is 5.52. The van der Waals surface area contributed by atoms with Crippen LogP contribution in [0.15, 0.2) is 48.5 Å². The lowest BCUT2D eigenvalue weighted by atomic mass is 10.1. The summed E-state index contributed by atoms with van der Waals surface area (Å²) in [6, 6.07) is 13.4. The molecule has 0 bridgehead atoms. The SMILES string of the molecule is CS(=O)(=O)Cc1nc2ccccc2n1CC(=O)N(Cc1cccc(F)c1)CC1CCCO1. The molecule has 170 valence electrons. The topological polar surface area (TPSA) is 81.5 Å². The molecule has 2 heterocycles. The molecule has 7 nitrogen and oxygen atoms in total. The predicted octanol–water partition coefficient (Wildman–Crippen LogP) is 2.93. The third-order valence-electron chi connectivity index (χ3n) is 5.48. The normalized spacial score (nSPS) is 16.5. The first-order valence-electron chi connectivity index (χ1n) is 10.5. The lowest BCUT2D eigenvalue weighted by molar-refractivity contribution is -0.134. The number of rotatable bonds is 8. The Labute approximate surface area is 186 Å². The van der Waals surface area contributed by atoms with Gasteiger partial charge in [0.2, 0.25) is 5.91 Å². The van der Waals surface area contributed by atoms with Crippen LogP contribution < -0.4 is 0 Å². The van der Waals surface area contributed by atoms with Gasteiger partial charge < -0.3 is 14.2 Å². The number of fused-ring (bicyclic) bond motifs is 1. The average molecular weight is 460 g/mol. The van der Waals surface area contributed by atoms with Gasteiger partial charge in [-0.15, -0.1) is 0 Å². The van der Waals surface area contributed by atoms with Gasteiger partial charge in [0.15, 0.2) is 9.84 Å². The van der Waals surface area contributed by atoms with Crippen molar-refractivity contribution in [2.45, 2.75) is 37.8 Å². The standard InChI is InChI=1S/C23H26FN3O4S/c1-32(29,30)16-22-25-20-9-2-3-10-21(20)27(22)15-23(28)26(14-19-8-5-11-31-19)13-17-6-4-7-18(24)12-17/h2-4,6-7,9-10,12,19H,5,8,11,13-16H2,1H3. The molecule has 0 saturated carbocycles. The summed E-state index contributed by atoms with van der Waals surface area (Å²) in [5, 5.41) is 0. The first-order chi connectivity index (χ1) is 15.3. The van der Waals surface area contributed by atoms with Crippen LogP contribution in [0.1, 0.15) is 24.2 Å². The molecule has 3 aromatic rings. The molecular weight excluding hydrogens is 433 g/mol. The minimum atomic E-state index is -3.35. The van der Waals surface area contributed by atoms with Gasteiger partial charge in [-0.3, -0.25) is 4.79 Å². The molecule has 1 aliphatic rings. The molecule has 1 fully saturated rings. The van der Waals surface area contributed by atoms with E-state index in [-0.39, 0.29) is 36.7 Å². The molecule has 0 radical (unpaired) electrons. The monoisotopic (exact) mass is 459 g/mol. The Morgan fingerprint density at radius 1 is 1.25 bits per heavy atom. The number of carbonyl (C=O) groups excluding carboxylic acids is 1. The molecule has 0 spiro atoms. The fraction of sp³-hybridized carbons (Fsp3) is 0.391. The van der Waals surface area contributed by atoms with Crippen LogP contribution in [0, 0.1) is 5.82 Å². The van der Waals surface area contributed by atoms with E-state index in [1.54, 1.807) is 27.7 Å². The van der Waals surface area contributed by atoms with Gasteiger partial charge in [0.1, 0.15) is 23.9 Å². The van der Waals surface area contributed by atoms with E-state index in [9.17, 15) is 17.6 Å². The Balaban J connectivity index is 1.63. The molecule has 32 heavy (non-hydrogen) atoms. The molecular formula is C23H26FN3O4S. The maximum absolute atomic E-state index is 13.7. The maximum atomic E-state index is 13.7. The first-order valence-corrected chi connectivity index (χ1v) is 12.6. The number of halogens is 1. The van der Waals surface area contributed by atoms with Gasteiger partial charge in [0.05, 0.1) is 17.1 Å². The smallest absolute Gasteiger partial charge is 0.242 e. The van der Waals surface area contributed by atoms with E-state index >= 15 is 0 Å². The number of aromatic nitrogens is 2. The minimum Gasteiger partial charge on any atom is -0.376 e. The van der Waals surface area contributed by atoms with E-state index < -0.39 is 9.84 Å². The number of amides is 1. The van der Waals surface area contributed by atoms with Crippen LogP contribution in [0.5, 0.6) is 0 Å². The van der Waals surface area contributed by atoms with Crippen molar-refractivity contribution in [3.8, 4) is 0 Å². The molecule has 1 aromatic heterocycles. The zero-order valence-electron chi connectivity index (χ0n) is 17.9. The molecule has 0 aliphatic carbocycles. The summed E-state index contributed by atoms with van der Waals surface area (Å²) in [7, 11) is -3.35. The van der Waals surface area contributed by atoms with E-state index in [1.807, 2.05) is 18.2 Å². The van der Waals surface area contributed by atoms with Gasteiger partial charge in [-0.25, -0.2) is 17.8 Å². The van der Waals surface area contributed by atoms with Crippen LogP contribution in [0.25, 0.3) is 11.0 Å². The highest BCUT2D eigenvalue weighted by molar-refractivity contribution is 7.89. The fourth-order valence-electron chi connectivity index (χ4n) is 4.03. The Kier molecular flexibility index (Phi) is 6.57. The molecule has 1 amide bonds. The summed E-state index contributed by atoms with van der Waals surface area (Å²) in [6.07, 6.45) is 2.88. The van der Waals surface area contributed by atoms with Crippen molar-refractivity contribution in [3.63, 3.8) is 0 Å². The van der Waals surface area contributed by atoms with Crippen LogP contribution >= 0.6 is 0 Å². The highest BCUT2D eigenvalue weighted by Crippen LogP contribution is 2.20. The second-order valence-corrected chi connectivity index (χ2v) is 10.4.